The number of esters is 1. The molecule has 1 atom stereocenters. The minimum absolute atomic E-state index is 0.0374. The molecular formula is C26H27N3O4. The number of nitriles is 1. The Bertz CT molecular complexity index is 1230. The highest BCUT2D eigenvalue weighted by atomic mass is 16.5. The highest BCUT2D eigenvalue weighted by molar-refractivity contribution is 5.76. The first-order valence-electron chi connectivity index (χ1n) is 11.1. The quantitative estimate of drug-likeness (QED) is 0.469. The Morgan fingerprint density at radius 1 is 1.24 bits per heavy atom. The van der Waals surface area contributed by atoms with Crippen LogP contribution in [0.3, 0.4) is 0 Å². The van der Waals surface area contributed by atoms with E-state index in [1.807, 2.05) is 52.8 Å². The average molecular weight is 446 g/mol. The Kier molecular flexibility index (Phi) is 5.94. The normalized spacial score (nSPS) is 15.2. The van der Waals surface area contributed by atoms with Crippen LogP contribution >= 0.6 is 0 Å². The van der Waals surface area contributed by atoms with Gasteiger partial charge in [-0.05, 0) is 76.8 Å². The third-order valence-electron chi connectivity index (χ3n) is 5.45. The van der Waals surface area contributed by atoms with Crippen LogP contribution in [0.4, 0.5) is 0 Å². The second-order valence-electron chi connectivity index (χ2n) is 9.47. The highest BCUT2D eigenvalue weighted by Crippen LogP contribution is 2.40. The van der Waals surface area contributed by atoms with Gasteiger partial charge in [-0.2, -0.15) is 10.2 Å². The number of benzene rings is 2. The number of rotatable bonds is 5. The summed E-state index contributed by atoms with van der Waals surface area (Å²) in [6.45, 7) is 9.36. The number of fused-ring (bicyclic) bond motifs is 1. The van der Waals surface area contributed by atoms with Crippen LogP contribution < -0.4 is 4.74 Å². The molecule has 0 unspecified atom stereocenters. The fourth-order valence-electron chi connectivity index (χ4n) is 3.81. The Morgan fingerprint density at radius 2 is 2.03 bits per heavy atom. The number of carbonyl (C=O) groups is 1. The zero-order valence-corrected chi connectivity index (χ0v) is 19.5. The van der Waals surface area contributed by atoms with Gasteiger partial charge in [-0.3, -0.25) is 4.79 Å². The van der Waals surface area contributed by atoms with E-state index in [0.29, 0.717) is 28.6 Å². The van der Waals surface area contributed by atoms with Gasteiger partial charge >= 0.3 is 5.97 Å². The van der Waals surface area contributed by atoms with Crippen molar-refractivity contribution < 1.29 is 18.8 Å². The van der Waals surface area contributed by atoms with Crippen molar-refractivity contribution in [2.24, 2.45) is 5.41 Å². The molecule has 0 bridgehead atoms. The molecule has 0 N–H and O–H groups in total. The predicted octanol–water partition coefficient (Wildman–Crippen LogP) is 5.64. The molecule has 0 saturated carbocycles. The van der Waals surface area contributed by atoms with Crippen molar-refractivity contribution in [2.45, 2.75) is 59.7 Å². The molecule has 0 saturated heterocycles. The molecule has 1 heterocycles. The first-order chi connectivity index (χ1) is 15.7. The maximum absolute atomic E-state index is 12.4. The second-order valence-corrected chi connectivity index (χ2v) is 9.47. The number of hydrogen-bond acceptors (Lipinski definition) is 7. The Morgan fingerprint density at radius 3 is 2.73 bits per heavy atom. The van der Waals surface area contributed by atoms with Gasteiger partial charge < -0.3 is 14.0 Å². The van der Waals surface area contributed by atoms with E-state index in [1.54, 1.807) is 18.2 Å². The van der Waals surface area contributed by atoms with Crippen molar-refractivity contribution in [3.8, 4) is 34.7 Å². The lowest BCUT2D eigenvalue weighted by Crippen LogP contribution is -2.24. The summed E-state index contributed by atoms with van der Waals surface area (Å²) in [4.78, 5) is 17.0. The zero-order valence-electron chi connectivity index (χ0n) is 19.5. The molecule has 1 aliphatic rings. The summed E-state index contributed by atoms with van der Waals surface area (Å²) in [5.74, 6) is 1.09. The summed E-state index contributed by atoms with van der Waals surface area (Å²) in [6.07, 6.45) is 1.17. The highest BCUT2D eigenvalue weighted by Gasteiger charge is 2.32. The maximum atomic E-state index is 12.4. The van der Waals surface area contributed by atoms with Gasteiger partial charge in [-0.1, -0.05) is 23.4 Å². The van der Waals surface area contributed by atoms with Crippen molar-refractivity contribution in [1.82, 2.24) is 10.1 Å². The fourth-order valence-corrected chi connectivity index (χ4v) is 3.81. The number of ether oxygens (including phenoxy) is 2. The number of carbonyl (C=O) groups excluding carboxylic acids is 1. The molecule has 170 valence electrons. The number of hydrogen-bond donors (Lipinski definition) is 0. The SMILES string of the molecule is CC(C)Oc1ccc(-c2nc(-c3cccc4c3CC[C@H]4OC(=O)C(C)(C)C)no2)cc1C#N. The molecule has 7 heteroatoms. The van der Waals surface area contributed by atoms with Gasteiger partial charge in [-0.25, -0.2) is 0 Å². The van der Waals surface area contributed by atoms with Crippen LogP contribution in [0.15, 0.2) is 40.9 Å². The van der Waals surface area contributed by atoms with Gasteiger partial charge in [0.25, 0.3) is 5.89 Å². The minimum Gasteiger partial charge on any atom is -0.490 e. The van der Waals surface area contributed by atoms with Crippen LogP contribution in [-0.4, -0.2) is 22.2 Å². The van der Waals surface area contributed by atoms with Gasteiger partial charge in [0.2, 0.25) is 5.82 Å². The Hall–Kier alpha value is -3.66. The summed E-state index contributed by atoms with van der Waals surface area (Å²) in [5, 5.41) is 13.7. The van der Waals surface area contributed by atoms with Crippen molar-refractivity contribution in [3.05, 3.63) is 53.1 Å². The molecule has 7 nitrogen and oxygen atoms in total. The van der Waals surface area contributed by atoms with Crippen LogP contribution in [0.5, 0.6) is 5.75 Å². The minimum atomic E-state index is -0.555. The molecular weight excluding hydrogens is 418 g/mol. The van der Waals surface area contributed by atoms with E-state index in [1.165, 1.54) is 0 Å². The fraction of sp³-hybridized carbons (Fsp3) is 0.385. The summed E-state index contributed by atoms with van der Waals surface area (Å²) in [5.41, 5.74) is 3.41. The topological polar surface area (TPSA) is 98.2 Å². The van der Waals surface area contributed by atoms with E-state index in [2.05, 4.69) is 16.2 Å². The average Bonchev–Trinajstić information content (AvgIpc) is 3.41. The lowest BCUT2D eigenvalue weighted by molar-refractivity contribution is -0.158. The maximum Gasteiger partial charge on any atom is 0.311 e. The van der Waals surface area contributed by atoms with Gasteiger partial charge in [-0.15, -0.1) is 0 Å². The van der Waals surface area contributed by atoms with E-state index in [0.717, 1.165) is 29.5 Å². The van der Waals surface area contributed by atoms with E-state index >= 15 is 0 Å². The van der Waals surface area contributed by atoms with Gasteiger partial charge in [0.15, 0.2) is 0 Å². The van der Waals surface area contributed by atoms with E-state index in [-0.39, 0.29) is 18.2 Å². The van der Waals surface area contributed by atoms with E-state index < -0.39 is 5.41 Å². The number of nitrogens with zero attached hydrogens (tertiary/aromatic N) is 3. The van der Waals surface area contributed by atoms with E-state index in [4.69, 9.17) is 14.0 Å². The molecule has 0 fully saturated rings. The molecule has 0 spiro atoms. The number of aromatic nitrogens is 2. The zero-order chi connectivity index (χ0) is 23.8. The molecule has 4 rings (SSSR count). The van der Waals surface area contributed by atoms with Crippen molar-refractivity contribution in [2.75, 3.05) is 0 Å². The third kappa shape index (κ3) is 4.61. The lowest BCUT2D eigenvalue weighted by atomic mass is 9.97. The van der Waals surface area contributed by atoms with Crippen LogP contribution in [0.25, 0.3) is 22.8 Å². The van der Waals surface area contributed by atoms with Crippen molar-refractivity contribution >= 4 is 5.97 Å². The molecule has 1 aliphatic carbocycles. The Balaban J connectivity index is 1.62. The lowest BCUT2D eigenvalue weighted by Gasteiger charge is -2.21. The Labute approximate surface area is 193 Å². The summed E-state index contributed by atoms with van der Waals surface area (Å²) in [7, 11) is 0. The summed E-state index contributed by atoms with van der Waals surface area (Å²) >= 11 is 0. The molecule has 1 aromatic heterocycles. The molecule has 0 amide bonds. The molecule has 3 aromatic rings. The second kappa shape index (κ2) is 8.70. The largest absolute Gasteiger partial charge is 0.490 e. The van der Waals surface area contributed by atoms with Crippen LogP contribution in [0, 0.1) is 16.7 Å². The molecule has 33 heavy (non-hydrogen) atoms. The summed E-state index contributed by atoms with van der Waals surface area (Å²) < 4.78 is 17.0. The molecule has 0 radical (unpaired) electrons. The molecule has 2 aromatic carbocycles. The van der Waals surface area contributed by atoms with Gasteiger partial charge in [0.05, 0.1) is 17.1 Å². The van der Waals surface area contributed by atoms with Crippen LogP contribution in [0.1, 0.15) is 63.8 Å². The standard InChI is InChI=1S/C26H27N3O4/c1-15(2)31-21-11-9-16(13-17(21)14-27)24-28-23(29-33-24)20-8-6-7-19-18(20)10-12-22(19)32-25(30)26(3,4)5/h6-9,11,13,15,22H,10,12H2,1-5H3/t22-/m1/s1. The summed E-state index contributed by atoms with van der Waals surface area (Å²) in [6, 6.07) is 13.2. The van der Waals surface area contributed by atoms with Crippen LogP contribution in [-0.2, 0) is 16.0 Å². The van der Waals surface area contributed by atoms with Gasteiger partial charge in [0, 0.05) is 11.1 Å². The smallest absolute Gasteiger partial charge is 0.311 e. The monoisotopic (exact) mass is 445 g/mol. The first kappa shape index (κ1) is 22.5. The van der Waals surface area contributed by atoms with Gasteiger partial charge in [0.1, 0.15) is 17.9 Å². The molecule has 0 aliphatic heterocycles. The predicted molar refractivity (Wildman–Crippen MR) is 122 cm³/mol. The van der Waals surface area contributed by atoms with Crippen molar-refractivity contribution in [1.29, 1.82) is 5.26 Å². The first-order valence-corrected chi connectivity index (χ1v) is 11.1. The van der Waals surface area contributed by atoms with Crippen LogP contribution in [0.2, 0.25) is 0 Å². The third-order valence-corrected chi connectivity index (χ3v) is 5.45. The van der Waals surface area contributed by atoms with Crippen molar-refractivity contribution in [3.63, 3.8) is 0 Å². The van der Waals surface area contributed by atoms with E-state index in [9.17, 15) is 10.1 Å².